The summed E-state index contributed by atoms with van der Waals surface area (Å²) in [4.78, 5) is 25.4. The summed E-state index contributed by atoms with van der Waals surface area (Å²) < 4.78 is 4.96. The number of para-hydroxylation sites is 1. The van der Waals surface area contributed by atoms with Crippen molar-refractivity contribution in [3.8, 4) is 0 Å². The maximum absolute atomic E-state index is 11.9. The van der Waals surface area contributed by atoms with E-state index in [9.17, 15) is 9.59 Å². The third kappa shape index (κ3) is 2.37. The molecular weight excluding hydrogens is 230 g/mol. The fourth-order valence-corrected chi connectivity index (χ4v) is 2.31. The van der Waals surface area contributed by atoms with E-state index < -0.39 is 0 Å². The first-order chi connectivity index (χ1) is 8.63. The second-order valence-corrected chi connectivity index (χ2v) is 4.37. The first kappa shape index (κ1) is 12.6. The summed E-state index contributed by atoms with van der Waals surface area (Å²) in [5.41, 5.74) is 2.61. The number of Topliss-reactive ketones (excluding diaryl/α,β-unsaturated/α-hetero) is 1. The number of ketones is 1. The van der Waals surface area contributed by atoms with Crippen molar-refractivity contribution >= 4 is 17.4 Å². The third-order valence-electron chi connectivity index (χ3n) is 3.09. The number of hydrogen-bond acceptors (Lipinski definition) is 4. The van der Waals surface area contributed by atoms with Gasteiger partial charge in [0.25, 0.3) is 0 Å². The van der Waals surface area contributed by atoms with Crippen LogP contribution in [0.3, 0.4) is 0 Å². The number of nitrogens with zero attached hydrogens (tertiary/aromatic N) is 1. The summed E-state index contributed by atoms with van der Waals surface area (Å²) in [7, 11) is 0. The first-order valence-electron chi connectivity index (χ1n) is 6.17. The molecule has 1 aliphatic heterocycles. The lowest BCUT2D eigenvalue weighted by Crippen LogP contribution is -2.37. The van der Waals surface area contributed by atoms with Crippen molar-refractivity contribution in [3.05, 3.63) is 29.3 Å². The van der Waals surface area contributed by atoms with E-state index in [4.69, 9.17) is 4.74 Å². The average molecular weight is 247 g/mol. The summed E-state index contributed by atoms with van der Waals surface area (Å²) in [5, 5.41) is 0. The van der Waals surface area contributed by atoms with Gasteiger partial charge in [-0.1, -0.05) is 12.1 Å². The van der Waals surface area contributed by atoms with Crippen molar-refractivity contribution in [2.75, 3.05) is 24.6 Å². The molecule has 1 aliphatic rings. The Morgan fingerprint density at radius 1 is 1.44 bits per heavy atom. The van der Waals surface area contributed by atoms with Crippen LogP contribution < -0.4 is 4.90 Å². The monoisotopic (exact) mass is 247 g/mol. The molecule has 0 aliphatic carbocycles. The Labute approximate surface area is 107 Å². The van der Waals surface area contributed by atoms with Gasteiger partial charge in [0, 0.05) is 18.5 Å². The average Bonchev–Trinajstić information content (AvgIpc) is 2.33. The molecule has 0 fully saturated rings. The van der Waals surface area contributed by atoms with Gasteiger partial charge in [-0.05, 0) is 25.5 Å². The van der Waals surface area contributed by atoms with Gasteiger partial charge < -0.3 is 9.64 Å². The number of aryl methyl sites for hydroxylation is 1. The van der Waals surface area contributed by atoms with Crippen LogP contribution >= 0.6 is 0 Å². The van der Waals surface area contributed by atoms with Crippen LogP contribution in [-0.4, -0.2) is 31.4 Å². The Kier molecular flexibility index (Phi) is 3.65. The number of esters is 1. The van der Waals surface area contributed by atoms with Crippen LogP contribution in [0.5, 0.6) is 0 Å². The number of fused-ring (bicyclic) bond motifs is 1. The highest BCUT2D eigenvalue weighted by Crippen LogP contribution is 2.30. The lowest BCUT2D eigenvalue weighted by Gasteiger charge is -2.31. The van der Waals surface area contributed by atoms with Gasteiger partial charge in [-0.3, -0.25) is 9.59 Å². The lowest BCUT2D eigenvalue weighted by atomic mass is 9.97. The number of benzene rings is 1. The van der Waals surface area contributed by atoms with Gasteiger partial charge in [0.2, 0.25) is 0 Å². The van der Waals surface area contributed by atoms with Gasteiger partial charge in [-0.15, -0.1) is 0 Å². The van der Waals surface area contributed by atoms with Gasteiger partial charge >= 0.3 is 5.97 Å². The number of anilines is 1. The van der Waals surface area contributed by atoms with E-state index in [0.717, 1.165) is 11.3 Å². The zero-order valence-corrected chi connectivity index (χ0v) is 10.7. The highest BCUT2D eigenvalue weighted by Gasteiger charge is 2.25. The van der Waals surface area contributed by atoms with Gasteiger partial charge in [0.05, 0.1) is 12.3 Å². The zero-order chi connectivity index (χ0) is 13.1. The predicted octanol–water partition coefficient (Wildman–Crippen LogP) is 1.95. The normalized spacial score (nSPS) is 14.3. The second kappa shape index (κ2) is 5.21. The van der Waals surface area contributed by atoms with E-state index in [0.29, 0.717) is 25.1 Å². The van der Waals surface area contributed by atoms with Crippen molar-refractivity contribution in [2.24, 2.45) is 0 Å². The van der Waals surface area contributed by atoms with Gasteiger partial charge in [-0.25, -0.2) is 0 Å². The Balaban J connectivity index is 2.28. The second-order valence-electron chi connectivity index (χ2n) is 4.37. The Morgan fingerprint density at radius 3 is 2.94 bits per heavy atom. The highest BCUT2D eigenvalue weighted by atomic mass is 16.5. The third-order valence-corrected chi connectivity index (χ3v) is 3.09. The quantitative estimate of drug-likeness (QED) is 0.766. The molecular formula is C14H17NO3. The van der Waals surface area contributed by atoms with Crippen LogP contribution in [-0.2, 0) is 9.53 Å². The van der Waals surface area contributed by atoms with E-state index in [1.807, 2.05) is 30.0 Å². The van der Waals surface area contributed by atoms with Crippen LogP contribution in [0.2, 0.25) is 0 Å². The summed E-state index contributed by atoms with van der Waals surface area (Å²) in [6, 6.07) is 5.65. The molecule has 0 bridgehead atoms. The minimum absolute atomic E-state index is 0.147. The van der Waals surface area contributed by atoms with Crippen LogP contribution in [0, 0.1) is 6.92 Å². The highest BCUT2D eigenvalue weighted by molar-refractivity contribution is 6.04. The standard InChI is InChI=1S/C14H17NO3/c1-3-18-13(17)9-15-8-7-12(16)11-6-4-5-10(2)14(11)15/h4-6H,3,7-9H2,1-2H3. The molecule has 0 amide bonds. The van der Waals surface area contributed by atoms with Crippen LogP contribution in [0.4, 0.5) is 5.69 Å². The fraction of sp³-hybridized carbons (Fsp3) is 0.429. The van der Waals surface area contributed by atoms with E-state index in [2.05, 4.69) is 0 Å². The molecule has 1 aromatic carbocycles. The van der Waals surface area contributed by atoms with Crippen molar-refractivity contribution in [2.45, 2.75) is 20.3 Å². The van der Waals surface area contributed by atoms with Crippen molar-refractivity contribution < 1.29 is 14.3 Å². The number of rotatable bonds is 3. The molecule has 96 valence electrons. The molecule has 0 unspecified atom stereocenters. The minimum Gasteiger partial charge on any atom is -0.465 e. The van der Waals surface area contributed by atoms with E-state index in [1.165, 1.54) is 0 Å². The van der Waals surface area contributed by atoms with Crippen LogP contribution in [0.25, 0.3) is 0 Å². The van der Waals surface area contributed by atoms with Crippen molar-refractivity contribution in [1.82, 2.24) is 0 Å². The topological polar surface area (TPSA) is 46.6 Å². The SMILES string of the molecule is CCOC(=O)CN1CCC(=O)c2cccc(C)c21. The van der Waals surface area contributed by atoms with Gasteiger partial charge in [-0.2, -0.15) is 0 Å². The molecule has 1 heterocycles. The molecule has 0 spiro atoms. The smallest absolute Gasteiger partial charge is 0.325 e. The van der Waals surface area contributed by atoms with Crippen molar-refractivity contribution in [3.63, 3.8) is 0 Å². The number of ether oxygens (including phenoxy) is 1. The molecule has 18 heavy (non-hydrogen) atoms. The molecule has 4 heteroatoms. The number of hydrogen-bond donors (Lipinski definition) is 0. The summed E-state index contributed by atoms with van der Waals surface area (Å²) >= 11 is 0. The fourth-order valence-electron chi connectivity index (χ4n) is 2.31. The minimum atomic E-state index is -0.249. The largest absolute Gasteiger partial charge is 0.465 e. The molecule has 4 nitrogen and oxygen atoms in total. The summed E-state index contributed by atoms with van der Waals surface area (Å²) in [6.07, 6.45) is 0.454. The van der Waals surface area contributed by atoms with E-state index in [-0.39, 0.29) is 18.3 Å². The van der Waals surface area contributed by atoms with Crippen molar-refractivity contribution in [1.29, 1.82) is 0 Å². The molecule has 0 N–H and O–H groups in total. The number of carbonyl (C=O) groups is 2. The van der Waals surface area contributed by atoms with E-state index in [1.54, 1.807) is 6.92 Å². The Bertz CT molecular complexity index is 482. The first-order valence-corrected chi connectivity index (χ1v) is 6.17. The molecule has 0 saturated carbocycles. The molecule has 1 aromatic rings. The van der Waals surface area contributed by atoms with Crippen LogP contribution in [0.1, 0.15) is 29.3 Å². The maximum atomic E-state index is 11.9. The molecule has 2 rings (SSSR count). The summed E-state index contributed by atoms with van der Waals surface area (Å²) in [5.74, 6) is -0.102. The molecule has 0 saturated heterocycles. The molecule has 0 atom stereocenters. The Hall–Kier alpha value is -1.84. The molecule has 0 aromatic heterocycles. The van der Waals surface area contributed by atoms with Crippen LogP contribution in [0.15, 0.2) is 18.2 Å². The molecule has 0 radical (unpaired) electrons. The maximum Gasteiger partial charge on any atom is 0.325 e. The Morgan fingerprint density at radius 2 is 2.22 bits per heavy atom. The number of carbonyl (C=O) groups excluding carboxylic acids is 2. The van der Waals surface area contributed by atoms with Gasteiger partial charge in [0.15, 0.2) is 5.78 Å². The lowest BCUT2D eigenvalue weighted by molar-refractivity contribution is -0.141. The van der Waals surface area contributed by atoms with Gasteiger partial charge in [0.1, 0.15) is 6.54 Å². The predicted molar refractivity (Wildman–Crippen MR) is 69.0 cm³/mol. The van der Waals surface area contributed by atoms with E-state index >= 15 is 0 Å². The zero-order valence-electron chi connectivity index (χ0n) is 10.7. The summed E-state index contributed by atoms with van der Waals surface area (Å²) in [6.45, 7) is 4.91.